The molecule has 0 spiro atoms. The van der Waals surface area contributed by atoms with Crippen LogP contribution in [0.1, 0.15) is 22.3 Å². The van der Waals surface area contributed by atoms with E-state index in [1.807, 2.05) is 121 Å². The standard InChI is InChI=1S/C29H26O4/c30-21-27(23-13-5-1-6-14-23)28(22-31,24-15-7-2-8-16-24)33-29(32-27,25-17-9-3-10-18-25)26-19-11-4-12-20-26/h1-20,30-31H,21-22H2. The maximum atomic E-state index is 11.0. The molecule has 0 bridgehead atoms. The second-order valence-electron chi connectivity index (χ2n) is 8.26. The van der Waals surface area contributed by atoms with Crippen molar-refractivity contribution in [1.29, 1.82) is 0 Å². The molecule has 1 aliphatic heterocycles. The van der Waals surface area contributed by atoms with E-state index < -0.39 is 30.2 Å². The largest absolute Gasteiger partial charge is 0.393 e. The maximum Gasteiger partial charge on any atom is 0.224 e. The third kappa shape index (κ3) is 3.23. The molecule has 4 aromatic carbocycles. The Bertz CT molecular complexity index is 1080. The lowest BCUT2D eigenvalue weighted by Crippen LogP contribution is -2.52. The van der Waals surface area contributed by atoms with Gasteiger partial charge in [-0.2, -0.15) is 0 Å². The fraction of sp³-hybridized carbons (Fsp3) is 0.172. The summed E-state index contributed by atoms with van der Waals surface area (Å²) in [6.45, 7) is -0.790. The van der Waals surface area contributed by atoms with Crippen molar-refractivity contribution in [2.75, 3.05) is 13.2 Å². The fourth-order valence-electron chi connectivity index (χ4n) is 4.90. The monoisotopic (exact) mass is 438 g/mol. The van der Waals surface area contributed by atoms with Gasteiger partial charge in [0.15, 0.2) is 11.2 Å². The van der Waals surface area contributed by atoms with Crippen LogP contribution in [0.2, 0.25) is 0 Å². The van der Waals surface area contributed by atoms with Crippen molar-refractivity contribution in [2.24, 2.45) is 0 Å². The molecule has 1 saturated heterocycles. The van der Waals surface area contributed by atoms with Gasteiger partial charge in [0, 0.05) is 11.1 Å². The highest BCUT2D eigenvalue weighted by Gasteiger charge is 2.68. The van der Waals surface area contributed by atoms with Gasteiger partial charge in [0.1, 0.15) is 0 Å². The zero-order chi connectivity index (χ0) is 22.8. The Balaban J connectivity index is 1.85. The second-order valence-corrected chi connectivity index (χ2v) is 8.26. The Kier molecular flexibility index (Phi) is 5.60. The predicted molar refractivity (Wildman–Crippen MR) is 126 cm³/mol. The first-order valence-corrected chi connectivity index (χ1v) is 11.0. The first-order chi connectivity index (χ1) is 16.2. The van der Waals surface area contributed by atoms with E-state index in [-0.39, 0.29) is 0 Å². The first-order valence-electron chi connectivity index (χ1n) is 11.0. The molecule has 2 N–H and O–H groups in total. The topological polar surface area (TPSA) is 58.9 Å². The molecule has 166 valence electrons. The quantitative estimate of drug-likeness (QED) is 0.458. The Morgan fingerprint density at radius 1 is 0.424 bits per heavy atom. The summed E-state index contributed by atoms with van der Waals surface area (Å²) in [5.74, 6) is -1.36. The zero-order valence-electron chi connectivity index (χ0n) is 18.2. The van der Waals surface area contributed by atoms with Gasteiger partial charge in [0.2, 0.25) is 5.79 Å². The summed E-state index contributed by atoms with van der Waals surface area (Å²) in [7, 11) is 0. The van der Waals surface area contributed by atoms with E-state index in [1.54, 1.807) is 0 Å². The van der Waals surface area contributed by atoms with E-state index in [2.05, 4.69) is 0 Å². The number of benzene rings is 4. The fourth-order valence-corrected chi connectivity index (χ4v) is 4.90. The number of rotatable bonds is 6. The average Bonchev–Trinajstić information content (AvgIpc) is 3.25. The lowest BCUT2D eigenvalue weighted by atomic mass is 9.74. The summed E-state index contributed by atoms with van der Waals surface area (Å²) in [5.41, 5.74) is 0.234. The number of aliphatic hydroxyl groups is 2. The Morgan fingerprint density at radius 3 is 0.970 bits per heavy atom. The minimum absolute atomic E-state index is 0.395. The Labute approximate surface area is 193 Å². The molecule has 0 aliphatic carbocycles. The normalized spacial score (nSPS) is 23.9. The van der Waals surface area contributed by atoms with E-state index in [0.717, 1.165) is 22.3 Å². The summed E-state index contributed by atoms with van der Waals surface area (Å²) < 4.78 is 13.9. The molecular weight excluding hydrogens is 412 g/mol. The Hall–Kier alpha value is -3.28. The van der Waals surface area contributed by atoms with E-state index in [4.69, 9.17) is 9.47 Å². The number of hydrogen-bond donors (Lipinski definition) is 2. The lowest BCUT2D eigenvalue weighted by Gasteiger charge is -2.41. The van der Waals surface area contributed by atoms with E-state index >= 15 is 0 Å². The maximum absolute atomic E-state index is 11.0. The minimum atomic E-state index is -1.38. The molecule has 5 rings (SSSR count). The van der Waals surface area contributed by atoms with Crippen LogP contribution < -0.4 is 0 Å². The van der Waals surface area contributed by atoms with Crippen molar-refractivity contribution in [3.63, 3.8) is 0 Å². The van der Waals surface area contributed by atoms with Crippen LogP contribution in [-0.2, 0) is 26.5 Å². The van der Waals surface area contributed by atoms with Crippen LogP contribution in [0, 0.1) is 0 Å². The molecule has 0 radical (unpaired) electrons. The van der Waals surface area contributed by atoms with Crippen LogP contribution in [0.5, 0.6) is 0 Å². The van der Waals surface area contributed by atoms with Gasteiger partial charge in [0.05, 0.1) is 13.2 Å². The third-order valence-corrected chi connectivity index (χ3v) is 6.52. The molecule has 4 heteroatoms. The van der Waals surface area contributed by atoms with Gasteiger partial charge in [-0.05, 0) is 11.1 Å². The average molecular weight is 439 g/mol. The summed E-state index contributed by atoms with van der Waals surface area (Å²) in [6, 6.07) is 38.4. The molecule has 2 unspecified atom stereocenters. The van der Waals surface area contributed by atoms with Crippen LogP contribution in [0.4, 0.5) is 0 Å². The van der Waals surface area contributed by atoms with Crippen LogP contribution in [0.15, 0.2) is 121 Å². The van der Waals surface area contributed by atoms with Crippen LogP contribution in [-0.4, -0.2) is 23.4 Å². The summed E-state index contributed by atoms with van der Waals surface area (Å²) in [4.78, 5) is 0. The van der Waals surface area contributed by atoms with Crippen molar-refractivity contribution in [2.45, 2.75) is 17.0 Å². The summed E-state index contributed by atoms with van der Waals surface area (Å²) in [6.07, 6.45) is 0. The minimum Gasteiger partial charge on any atom is -0.393 e. The van der Waals surface area contributed by atoms with Crippen molar-refractivity contribution in [3.8, 4) is 0 Å². The molecule has 1 heterocycles. The highest BCUT2D eigenvalue weighted by molar-refractivity contribution is 5.43. The molecule has 1 aliphatic rings. The van der Waals surface area contributed by atoms with Gasteiger partial charge in [-0.3, -0.25) is 0 Å². The molecule has 4 aromatic rings. The smallest absolute Gasteiger partial charge is 0.224 e. The summed E-state index contributed by atoms with van der Waals surface area (Å²) in [5, 5.41) is 22.0. The molecule has 2 atom stereocenters. The SMILES string of the molecule is OCC1(c2ccccc2)OC(c2ccccc2)(c2ccccc2)OC1(CO)c1ccccc1. The van der Waals surface area contributed by atoms with Crippen molar-refractivity contribution >= 4 is 0 Å². The first kappa shape index (κ1) is 21.6. The number of aliphatic hydroxyl groups excluding tert-OH is 2. The van der Waals surface area contributed by atoms with Crippen molar-refractivity contribution in [3.05, 3.63) is 144 Å². The molecule has 33 heavy (non-hydrogen) atoms. The molecule has 0 saturated carbocycles. The van der Waals surface area contributed by atoms with Gasteiger partial charge in [-0.15, -0.1) is 0 Å². The number of hydrogen-bond acceptors (Lipinski definition) is 4. The second kappa shape index (κ2) is 8.58. The molecule has 0 aromatic heterocycles. The third-order valence-electron chi connectivity index (χ3n) is 6.52. The number of ether oxygens (including phenoxy) is 2. The summed E-state index contributed by atoms with van der Waals surface area (Å²) >= 11 is 0. The molecule has 0 amide bonds. The predicted octanol–water partition coefficient (Wildman–Crippen LogP) is 4.71. The van der Waals surface area contributed by atoms with Crippen LogP contribution in [0.3, 0.4) is 0 Å². The van der Waals surface area contributed by atoms with Gasteiger partial charge >= 0.3 is 0 Å². The van der Waals surface area contributed by atoms with Crippen LogP contribution >= 0.6 is 0 Å². The highest BCUT2D eigenvalue weighted by Crippen LogP contribution is 2.60. The zero-order valence-corrected chi connectivity index (χ0v) is 18.2. The highest BCUT2D eigenvalue weighted by atomic mass is 16.8. The molecular formula is C29H26O4. The van der Waals surface area contributed by atoms with Gasteiger partial charge < -0.3 is 19.7 Å². The van der Waals surface area contributed by atoms with E-state index in [9.17, 15) is 10.2 Å². The molecule has 4 nitrogen and oxygen atoms in total. The lowest BCUT2D eigenvalue weighted by molar-refractivity contribution is -0.183. The van der Waals surface area contributed by atoms with Gasteiger partial charge in [0.25, 0.3) is 0 Å². The van der Waals surface area contributed by atoms with Gasteiger partial charge in [-0.25, -0.2) is 0 Å². The van der Waals surface area contributed by atoms with Crippen LogP contribution in [0.25, 0.3) is 0 Å². The van der Waals surface area contributed by atoms with E-state index in [1.165, 1.54) is 0 Å². The van der Waals surface area contributed by atoms with Crippen molar-refractivity contribution in [1.82, 2.24) is 0 Å². The Morgan fingerprint density at radius 2 is 0.697 bits per heavy atom. The van der Waals surface area contributed by atoms with Gasteiger partial charge in [-0.1, -0.05) is 121 Å². The molecule has 1 fully saturated rings. The van der Waals surface area contributed by atoms with E-state index in [0.29, 0.717) is 0 Å². The van der Waals surface area contributed by atoms with Crippen molar-refractivity contribution < 1.29 is 19.7 Å².